The Hall–Kier alpha value is -1.59. The highest BCUT2D eigenvalue weighted by Gasteiger charge is 2.45. The van der Waals surface area contributed by atoms with Crippen LogP contribution in [0.4, 0.5) is 4.79 Å². The van der Waals surface area contributed by atoms with E-state index in [-0.39, 0.29) is 18.2 Å². The molecule has 1 aliphatic rings. The van der Waals surface area contributed by atoms with Crippen molar-refractivity contribution in [1.29, 1.82) is 0 Å². The van der Waals surface area contributed by atoms with E-state index < -0.39 is 0 Å². The Morgan fingerprint density at radius 3 is 2.63 bits per heavy atom. The molecule has 0 saturated heterocycles. The Balaban J connectivity index is 1.74. The van der Waals surface area contributed by atoms with Crippen LogP contribution >= 0.6 is 0 Å². The Kier molecular flexibility index (Phi) is 4.76. The van der Waals surface area contributed by atoms with Crippen LogP contribution in [-0.4, -0.2) is 37.5 Å². The summed E-state index contributed by atoms with van der Waals surface area (Å²) in [5.41, 5.74) is 0.971. The summed E-state index contributed by atoms with van der Waals surface area (Å²) in [5.74, 6) is 0. The fourth-order valence-corrected chi connectivity index (χ4v) is 2.03. The molecule has 19 heavy (non-hydrogen) atoms. The van der Waals surface area contributed by atoms with E-state index in [2.05, 4.69) is 10.6 Å². The van der Waals surface area contributed by atoms with Crippen LogP contribution in [0.15, 0.2) is 30.3 Å². The first-order chi connectivity index (χ1) is 9.27. The summed E-state index contributed by atoms with van der Waals surface area (Å²) in [4.78, 5) is 11.8. The quantitative estimate of drug-likeness (QED) is 0.643. The molecule has 0 atom stereocenters. The van der Waals surface area contributed by atoms with Crippen LogP contribution < -0.4 is 10.6 Å². The molecular weight excluding hydrogens is 244 g/mol. The predicted molar refractivity (Wildman–Crippen MR) is 71.8 cm³/mol. The molecule has 5 heteroatoms. The molecule has 0 heterocycles. The van der Waals surface area contributed by atoms with Crippen molar-refractivity contribution in [3.05, 3.63) is 35.9 Å². The molecule has 104 valence electrons. The zero-order valence-electron chi connectivity index (χ0n) is 10.9. The summed E-state index contributed by atoms with van der Waals surface area (Å²) >= 11 is 0. The van der Waals surface area contributed by atoms with Gasteiger partial charge >= 0.3 is 6.03 Å². The zero-order valence-corrected chi connectivity index (χ0v) is 10.9. The van der Waals surface area contributed by atoms with Gasteiger partial charge in [0.05, 0.1) is 25.4 Å². The van der Waals surface area contributed by atoms with Crippen LogP contribution in [0.2, 0.25) is 0 Å². The first-order valence-corrected chi connectivity index (χ1v) is 6.57. The molecule has 1 saturated carbocycles. The van der Waals surface area contributed by atoms with Crippen LogP contribution in [0.1, 0.15) is 18.4 Å². The fourth-order valence-electron chi connectivity index (χ4n) is 2.03. The van der Waals surface area contributed by atoms with Gasteiger partial charge in [-0.15, -0.1) is 0 Å². The number of rotatable bonds is 7. The molecule has 0 bridgehead atoms. The lowest BCUT2D eigenvalue weighted by Gasteiger charge is -2.18. The largest absolute Gasteiger partial charge is 0.394 e. The van der Waals surface area contributed by atoms with Crippen molar-refractivity contribution in [1.82, 2.24) is 10.6 Å². The number of hydrogen-bond donors (Lipinski definition) is 3. The van der Waals surface area contributed by atoms with Gasteiger partial charge in [-0.25, -0.2) is 4.79 Å². The normalized spacial score (nSPS) is 15.8. The van der Waals surface area contributed by atoms with Gasteiger partial charge in [0.2, 0.25) is 0 Å². The third kappa shape index (κ3) is 3.94. The fraction of sp³-hybridized carbons (Fsp3) is 0.500. The molecule has 0 radical (unpaired) electrons. The van der Waals surface area contributed by atoms with E-state index in [9.17, 15) is 4.79 Å². The molecule has 1 fully saturated rings. The van der Waals surface area contributed by atoms with Gasteiger partial charge in [0, 0.05) is 6.54 Å². The summed E-state index contributed by atoms with van der Waals surface area (Å²) in [6, 6.07) is 9.84. The third-order valence-corrected chi connectivity index (χ3v) is 3.20. The SMILES string of the molecule is O=C(NCCOCCO)NC1(c2ccccc2)CC1. The molecule has 1 aromatic carbocycles. The summed E-state index contributed by atoms with van der Waals surface area (Å²) in [6.07, 6.45) is 1.96. The lowest BCUT2D eigenvalue weighted by atomic mass is 10.1. The average molecular weight is 264 g/mol. The first kappa shape index (κ1) is 13.8. The van der Waals surface area contributed by atoms with Crippen molar-refractivity contribution in [2.45, 2.75) is 18.4 Å². The van der Waals surface area contributed by atoms with E-state index in [1.165, 1.54) is 0 Å². The third-order valence-electron chi connectivity index (χ3n) is 3.20. The van der Waals surface area contributed by atoms with Crippen molar-refractivity contribution >= 4 is 6.03 Å². The van der Waals surface area contributed by atoms with Crippen LogP contribution in [0, 0.1) is 0 Å². The minimum atomic E-state index is -0.183. The maximum absolute atomic E-state index is 11.8. The number of aliphatic hydroxyl groups is 1. The van der Waals surface area contributed by atoms with Crippen molar-refractivity contribution in [2.24, 2.45) is 0 Å². The Bertz CT molecular complexity index is 404. The van der Waals surface area contributed by atoms with E-state index in [1.54, 1.807) is 0 Å². The van der Waals surface area contributed by atoms with Crippen LogP contribution in [0.3, 0.4) is 0 Å². The number of ether oxygens (including phenoxy) is 1. The second kappa shape index (κ2) is 6.54. The molecule has 3 N–H and O–H groups in total. The lowest BCUT2D eigenvalue weighted by molar-refractivity contribution is 0.0946. The van der Waals surface area contributed by atoms with E-state index >= 15 is 0 Å². The summed E-state index contributed by atoms with van der Waals surface area (Å²) < 4.78 is 5.07. The highest BCUT2D eigenvalue weighted by Crippen LogP contribution is 2.45. The minimum Gasteiger partial charge on any atom is -0.394 e. The smallest absolute Gasteiger partial charge is 0.315 e. The Labute approximate surface area is 113 Å². The zero-order chi connectivity index (χ0) is 13.6. The van der Waals surface area contributed by atoms with Crippen molar-refractivity contribution in [2.75, 3.05) is 26.4 Å². The van der Waals surface area contributed by atoms with Crippen LogP contribution in [0.25, 0.3) is 0 Å². The lowest BCUT2D eigenvalue weighted by Crippen LogP contribution is -2.43. The van der Waals surface area contributed by atoms with E-state index in [4.69, 9.17) is 9.84 Å². The number of carbonyl (C=O) groups excluding carboxylic acids is 1. The second-order valence-corrected chi connectivity index (χ2v) is 4.67. The number of carbonyl (C=O) groups is 1. The minimum absolute atomic E-state index is 0.00329. The van der Waals surface area contributed by atoms with Crippen molar-refractivity contribution in [3.8, 4) is 0 Å². The molecule has 0 aliphatic heterocycles. The van der Waals surface area contributed by atoms with Crippen LogP contribution in [-0.2, 0) is 10.3 Å². The van der Waals surface area contributed by atoms with E-state index in [0.29, 0.717) is 19.8 Å². The summed E-state index contributed by atoms with van der Waals surface area (Å²) in [6.45, 7) is 1.16. The molecule has 1 aromatic rings. The monoisotopic (exact) mass is 264 g/mol. The van der Waals surface area contributed by atoms with E-state index in [0.717, 1.165) is 18.4 Å². The number of amides is 2. The summed E-state index contributed by atoms with van der Waals surface area (Å²) in [7, 11) is 0. The van der Waals surface area contributed by atoms with Gasteiger partial charge in [-0.05, 0) is 18.4 Å². The Morgan fingerprint density at radius 2 is 2.00 bits per heavy atom. The maximum atomic E-state index is 11.8. The van der Waals surface area contributed by atoms with Gasteiger partial charge in [0.25, 0.3) is 0 Å². The molecule has 0 aromatic heterocycles. The molecule has 1 aliphatic carbocycles. The number of benzene rings is 1. The van der Waals surface area contributed by atoms with Crippen LogP contribution in [0.5, 0.6) is 0 Å². The van der Waals surface area contributed by atoms with Gasteiger partial charge < -0.3 is 20.5 Å². The standard InChI is InChI=1S/C14H20N2O3/c17-9-11-19-10-8-15-13(18)16-14(6-7-14)12-4-2-1-3-5-12/h1-5,17H,6-11H2,(H2,15,16,18). The molecule has 0 spiro atoms. The molecular formula is C14H20N2O3. The first-order valence-electron chi connectivity index (χ1n) is 6.57. The predicted octanol–water partition coefficient (Wildman–Crippen LogP) is 0.984. The second-order valence-electron chi connectivity index (χ2n) is 4.67. The highest BCUT2D eigenvalue weighted by atomic mass is 16.5. The van der Waals surface area contributed by atoms with Gasteiger partial charge in [-0.1, -0.05) is 30.3 Å². The molecule has 0 unspecified atom stereocenters. The number of urea groups is 1. The maximum Gasteiger partial charge on any atom is 0.315 e. The summed E-state index contributed by atoms with van der Waals surface area (Å²) in [5, 5.41) is 14.3. The molecule has 5 nitrogen and oxygen atoms in total. The number of aliphatic hydroxyl groups excluding tert-OH is 1. The van der Waals surface area contributed by atoms with Gasteiger partial charge in [-0.3, -0.25) is 0 Å². The van der Waals surface area contributed by atoms with Gasteiger partial charge in [-0.2, -0.15) is 0 Å². The average Bonchev–Trinajstić information content (AvgIpc) is 3.20. The number of hydrogen-bond acceptors (Lipinski definition) is 3. The van der Waals surface area contributed by atoms with Crippen molar-refractivity contribution < 1.29 is 14.6 Å². The van der Waals surface area contributed by atoms with Gasteiger partial charge in [0.1, 0.15) is 0 Å². The Morgan fingerprint density at radius 1 is 1.26 bits per heavy atom. The number of nitrogens with one attached hydrogen (secondary N) is 2. The topological polar surface area (TPSA) is 70.6 Å². The highest BCUT2D eigenvalue weighted by molar-refractivity contribution is 5.75. The van der Waals surface area contributed by atoms with E-state index in [1.807, 2.05) is 30.3 Å². The molecule has 2 rings (SSSR count). The van der Waals surface area contributed by atoms with Crippen molar-refractivity contribution in [3.63, 3.8) is 0 Å². The van der Waals surface area contributed by atoms with Gasteiger partial charge in [0.15, 0.2) is 0 Å². The molecule has 2 amide bonds.